The van der Waals surface area contributed by atoms with Gasteiger partial charge in [0.15, 0.2) is 17.3 Å². The number of halogens is 3. The standard InChI is InChI=1S/C14H10F3N3O4/c15-14(16,17)11(21)5-13(22)18-12-4-8(19-20-12)7-1-2-9-10(3-7)24-6-23-9/h1-4H,5-6H2,(H2,18,19,20,22). The second-order valence-corrected chi connectivity index (χ2v) is 4.88. The number of alkyl halides is 3. The molecule has 0 fully saturated rings. The fourth-order valence-electron chi connectivity index (χ4n) is 2.03. The average Bonchev–Trinajstić information content (AvgIpc) is 3.13. The maximum absolute atomic E-state index is 12.1. The highest BCUT2D eigenvalue weighted by Gasteiger charge is 2.39. The van der Waals surface area contributed by atoms with Crippen molar-refractivity contribution in [3.05, 3.63) is 24.3 Å². The fourth-order valence-corrected chi connectivity index (χ4v) is 2.03. The van der Waals surface area contributed by atoms with Crippen LogP contribution in [0.2, 0.25) is 0 Å². The predicted octanol–water partition coefficient (Wildman–Crippen LogP) is 2.27. The molecule has 1 aromatic carbocycles. The number of aromatic nitrogens is 2. The van der Waals surface area contributed by atoms with Gasteiger partial charge in [-0.3, -0.25) is 14.7 Å². The number of hydrogen-bond donors (Lipinski definition) is 2. The predicted molar refractivity (Wildman–Crippen MR) is 74.5 cm³/mol. The number of benzene rings is 1. The molecule has 0 radical (unpaired) electrons. The summed E-state index contributed by atoms with van der Waals surface area (Å²) in [6, 6.07) is 6.53. The van der Waals surface area contributed by atoms with Crippen LogP contribution in [0.25, 0.3) is 11.3 Å². The van der Waals surface area contributed by atoms with Crippen LogP contribution < -0.4 is 14.8 Å². The minimum absolute atomic E-state index is 0.00245. The van der Waals surface area contributed by atoms with Gasteiger partial charge in [-0.2, -0.15) is 18.3 Å². The van der Waals surface area contributed by atoms with E-state index in [1.807, 2.05) is 0 Å². The number of nitrogens with one attached hydrogen (secondary N) is 2. The van der Waals surface area contributed by atoms with Crippen LogP contribution in [0.3, 0.4) is 0 Å². The second kappa shape index (κ2) is 5.87. The molecular weight excluding hydrogens is 331 g/mol. The summed E-state index contributed by atoms with van der Waals surface area (Å²) in [4.78, 5) is 22.2. The van der Waals surface area contributed by atoms with Gasteiger partial charge in [0.25, 0.3) is 0 Å². The third-order valence-electron chi connectivity index (χ3n) is 3.17. The maximum atomic E-state index is 12.1. The van der Waals surface area contributed by atoms with E-state index in [0.29, 0.717) is 22.8 Å². The molecule has 1 aliphatic rings. The Morgan fingerprint density at radius 1 is 1.21 bits per heavy atom. The lowest BCUT2D eigenvalue weighted by Gasteiger charge is -2.04. The molecule has 0 saturated carbocycles. The van der Waals surface area contributed by atoms with Crippen molar-refractivity contribution in [1.29, 1.82) is 0 Å². The molecule has 0 spiro atoms. The van der Waals surface area contributed by atoms with Crippen molar-refractivity contribution in [1.82, 2.24) is 10.2 Å². The quantitative estimate of drug-likeness (QED) is 0.832. The Balaban J connectivity index is 1.68. The summed E-state index contributed by atoms with van der Waals surface area (Å²) in [5.74, 6) is -2.07. The topological polar surface area (TPSA) is 93.3 Å². The van der Waals surface area contributed by atoms with Crippen molar-refractivity contribution >= 4 is 17.5 Å². The normalized spacial score (nSPS) is 13.0. The third-order valence-corrected chi connectivity index (χ3v) is 3.17. The highest BCUT2D eigenvalue weighted by Crippen LogP contribution is 2.35. The summed E-state index contributed by atoms with van der Waals surface area (Å²) in [6.45, 7) is 0.121. The molecule has 1 aliphatic heterocycles. The van der Waals surface area contributed by atoms with E-state index >= 15 is 0 Å². The number of H-pyrrole nitrogens is 1. The van der Waals surface area contributed by atoms with Crippen LogP contribution in [0.1, 0.15) is 6.42 Å². The van der Waals surface area contributed by atoms with Crippen molar-refractivity contribution < 1.29 is 32.2 Å². The van der Waals surface area contributed by atoms with Crippen LogP contribution >= 0.6 is 0 Å². The van der Waals surface area contributed by atoms with E-state index in [-0.39, 0.29) is 12.6 Å². The Hall–Kier alpha value is -3.04. The molecule has 2 heterocycles. The van der Waals surface area contributed by atoms with Crippen molar-refractivity contribution in [3.8, 4) is 22.8 Å². The zero-order valence-corrected chi connectivity index (χ0v) is 11.9. The van der Waals surface area contributed by atoms with Gasteiger partial charge < -0.3 is 14.8 Å². The highest BCUT2D eigenvalue weighted by molar-refractivity contribution is 6.05. The van der Waals surface area contributed by atoms with Gasteiger partial charge in [0.2, 0.25) is 18.5 Å². The van der Waals surface area contributed by atoms with Crippen molar-refractivity contribution in [2.45, 2.75) is 12.6 Å². The number of rotatable bonds is 4. The van der Waals surface area contributed by atoms with Crippen LogP contribution in [-0.2, 0) is 9.59 Å². The SMILES string of the molecule is O=C(CC(=O)C(F)(F)F)Nc1cc(-c2ccc3c(c2)OCO3)[nH]n1. The first kappa shape index (κ1) is 15.8. The molecule has 0 bridgehead atoms. The van der Waals surface area contributed by atoms with E-state index in [1.165, 1.54) is 6.07 Å². The second-order valence-electron chi connectivity index (χ2n) is 4.88. The van der Waals surface area contributed by atoms with E-state index in [4.69, 9.17) is 9.47 Å². The minimum Gasteiger partial charge on any atom is -0.454 e. The molecule has 0 aliphatic carbocycles. The van der Waals surface area contributed by atoms with Crippen molar-refractivity contribution in [2.75, 3.05) is 12.1 Å². The maximum Gasteiger partial charge on any atom is 0.450 e. The Morgan fingerprint density at radius 2 is 1.96 bits per heavy atom. The van der Waals surface area contributed by atoms with E-state index < -0.39 is 24.3 Å². The summed E-state index contributed by atoms with van der Waals surface area (Å²) in [5, 5.41) is 8.54. The molecule has 24 heavy (non-hydrogen) atoms. The number of hydrogen-bond acceptors (Lipinski definition) is 5. The number of Topliss-reactive ketones (excluding diaryl/α,β-unsaturated/α-hetero) is 1. The molecule has 126 valence electrons. The number of ether oxygens (including phenoxy) is 2. The number of carbonyl (C=O) groups excluding carboxylic acids is 2. The summed E-state index contributed by atoms with van der Waals surface area (Å²) in [7, 11) is 0. The Morgan fingerprint density at radius 3 is 2.71 bits per heavy atom. The molecule has 0 atom stereocenters. The summed E-state index contributed by atoms with van der Waals surface area (Å²) in [6.07, 6.45) is -6.34. The molecule has 0 unspecified atom stereocenters. The molecule has 10 heteroatoms. The van der Waals surface area contributed by atoms with Gasteiger partial charge in [0, 0.05) is 11.6 Å². The third kappa shape index (κ3) is 3.31. The number of carbonyl (C=O) groups is 2. The molecule has 2 aromatic rings. The lowest BCUT2D eigenvalue weighted by molar-refractivity contribution is -0.171. The first-order valence-corrected chi connectivity index (χ1v) is 6.68. The van der Waals surface area contributed by atoms with Crippen LogP contribution in [0, 0.1) is 0 Å². The monoisotopic (exact) mass is 341 g/mol. The zero-order chi connectivity index (χ0) is 17.3. The molecule has 1 amide bonds. The lowest BCUT2D eigenvalue weighted by Crippen LogP contribution is -2.27. The average molecular weight is 341 g/mol. The van der Waals surface area contributed by atoms with Crippen LogP contribution in [0.5, 0.6) is 11.5 Å². The summed E-state index contributed by atoms with van der Waals surface area (Å²) >= 11 is 0. The van der Waals surface area contributed by atoms with Gasteiger partial charge in [-0.05, 0) is 18.2 Å². The number of aromatic amines is 1. The van der Waals surface area contributed by atoms with E-state index in [9.17, 15) is 22.8 Å². The number of ketones is 1. The lowest BCUT2D eigenvalue weighted by atomic mass is 10.1. The largest absolute Gasteiger partial charge is 0.454 e. The van der Waals surface area contributed by atoms with Gasteiger partial charge >= 0.3 is 6.18 Å². The van der Waals surface area contributed by atoms with Crippen LogP contribution in [0.4, 0.5) is 19.0 Å². The van der Waals surface area contributed by atoms with Crippen molar-refractivity contribution in [3.63, 3.8) is 0 Å². The van der Waals surface area contributed by atoms with Crippen molar-refractivity contribution in [2.24, 2.45) is 0 Å². The number of amides is 1. The molecule has 0 saturated heterocycles. The Labute approximate surface area is 132 Å². The summed E-state index contributed by atoms with van der Waals surface area (Å²) < 4.78 is 46.7. The molecule has 3 rings (SSSR count). The van der Waals surface area contributed by atoms with Gasteiger partial charge in [-0.25, -0.2) is 0 Å². The minimum atomic E-state index is -5.04. The molecule has 2 N–H and O–H groups in total. The number of nitrogens with zero attached hydrogens (tertiary/aromatic N) is 1. The Bertz CT molecular complexity index is 801. The molecular formula is C14H10F3N3O4. The van der Waals surface area contributed by atoms with Gasteiger partial charge in [0.05, 0.1) is 12.1 Å². The fraction of sp³-hybridized carbons (Fsp3) is 0.214. The van der Waals surface area contributed by atoms with Gasteiger partial charge in [-0.15, -0.1) is 0 Å². The summed E-state index contributed by atoms with van der Waals surface area (Å²) in [5.41, 5.74) is 1.18. The zero-order valence-electron chi connectivity index (χ0n) is 11.9. The van der Waals surface area contributed by atoms with Crippen LogP contribution in [0.15, 0.2) is 24.3 Å². The first-order chi connectivity index (χ1) is 11.3. The smallest absolute Gasteiger partial charge is 0.450 e. The van der Waals surface area contributed by atoms with E-state index in [2.05, 4.69) is 15.5 Å². The first-order valence-electron chi connectivity index (χ1n) is 6.68. The van der Waals surface area contributed by atoms with Crippen LogP contribution in [-0.4, -0.2) is 34.9 Å². The Kier molecular flexibility index (Phi) is 3.87. The van der Waals surface area contributed by atoms with Gasteiger partial charge in [-0.1, -0.05) is 0 Å². The van der Waals surface area contributed by atoms with E-state index in [0.717, 1.165) is 0 Å². The molecule has 1 aromatic heterocycles. The van der Waals surface area contributed by atoms with Gasteiger partial charge in [0.1, 0.15) is 0 Å². The number of fused-ring (bicyclic) bond motifs is 1. The highest BCUT2D eigenvalue weighted by atomic mass is 19.4. The van der Waals surface area contributed by atoms with E-state index in [1.54, 1.807) is 18.2 Å². The molecule has 7 nitrogen and oxygen atoms in total. The number of anilines is 1.